The van der Waals surface area contributed by atoms with Crippen molar-refractivity contribution >= 4 is 17.5 Å². The summed E-state index contributed by atoms with van der Waals surface area (Å²) >= 11 is 1.25. The third-order valence-electron chi connectivity index (χ3n) is 5.32. The van der Waals surface area contributed by atoms with Crippen LogP contribution in [0, 0.1) is 13.8 Å². The first-order chi connectivity index (χ1) is 15.5. The number of methoxy groups -OCH3 is 1. The van der Waals surface area contributed by atoms with Crippen LogP contribution in [0.2, 0.25) is 0 Å². The van der Waals surface area contributed by atoms with E-state index in [-0.39, 0.29) is 11.5 Å². The first-order valence-electron chi connectivity index (χ1n) is 10.2. The minimum atomic E-state index is 0.0439. The molecule has 0 atom stereocenters. The Morgan fingerprint density at radius 1 is 1.09 bits per heavy atom. The highest BCUT2D eigenvalue weighted by molar-refractivity contribution is 7.99. The SMILES string of the molecule is COc1ccc(CCn2c(C)cc(C(=O)CSc3nnc(-c4ccncc4)o3)c2C)cc1. The first-order valence-corrected chi connectivity index (χ1v) is 11.2. The lowest BCUT2D eigenvalue weighted by Gasteiger charge is -2.10. The number of carbonyl (C=O) groups excluding carboxylic acids is 1. The van der Waals surface area contributed by atoms with Gasteiger partial charge in [0.25, 0.3) is 5.22 Å². The maximum Gasteiger partial charge on any atom is 0.277 e. The van der Waals surface area contributed by atoms with Gasteiger partial charge in [0.05, 0.1) is 12.9 Å². The molecular weight excluding hydrogens is 424 g/mol. The fourth-order valence-electron chi connectivity index (χ4n) is 3.54. The number of thioether (sulfide) groups is 1. The van der Waals surface area contributed by atoms with Crippen molar-refractivity contribution in [3.8, 4) is 17.2 Å². The fourth-order valence-corrected chi connectivity index (χ4v) is 4.19. The summed E-state index contributed by atoms with van der Waals surface area (Å²) in [5.74, 6) is 1.55. The van der Waals surface area contributed by atoms with Crippen molar-refractivity contribution in [2.24, 2.45) is 0 Å². The molecule has 3 aromatic heterocycles. The Bertz CT molecular complexity index is 1200. The van der Waals surface area contributed by atoms with E-state index in [9.17, 15) is 4.79 Å². The van der Waals surface area contributed by atoms with Gasteiger partial charge in [0.2, 0.25) is 5.89 Å². The molecule has 0 aliphatic rings. The molecule has 0 saturated heterocycles. The smallest absolute Gasteiger partial charge is 0.277 e. The quantitative estimate of drug-likeness (QED) is 0.269. The van der Waals surface area contributed by atoms with Crippen LogP contribution in [0.3, 0.4) is 0 Å². The number of nitrogens with zero attached hydrogens (tertiary/aromatic N) is 4. The Hall–Kier alpha value is -3.39. The Kier molecular flexibility index (Phi) is 6.70. The van der Waals surface area contributed by atoms with E-state index in [1.807, 2.05) is 32.0 Å². The number of aromatic nitrogens is 4. The normalized spacial score (nSPS) is 11.0. The average Bonchev–Trinajstić information content (AvgIpc) is 3.41. The highest BCUT2D eigenvalue weighted by Gasteiger charge is 2.18. The minimum absolute atomic E-state index is 0.0439. The molecule has 3 heterocycles. The minimum Gasteiger partial charge on any atom is -0.497 e. The van der Waals surface area contributed by atoms with Crippen molar-refractivity contribution in [1.82, 2.24) is 19.7 Å². The van der Waals surface area contributed by atoms with E-state index in [0.29, 0.717) is 11.1 Å². The fraction of sp³-hybridized carbons (Fsp3) is 0.250. The van der Waals surface area contributed by atoms with Gasteiger partial charge >= 0.3 is 0 Å². The molecular formula is C24H24N4O3S. The zero-order chi connectivity index (χ0) is 22.5. The maximum atomic E-state index is 12.9. The average molecular weight is 449 g/mol. The van der Waals surface area contributed by atoms with Crippen molar-refractivity contribution in [2.75, 3.05) is 12.9 Å². The summed E-state index contributed by atoms with van der Waals surface area (Å²) in [5, 5.41) is 8.46. The number of aryl methyl sites for hydroxylation is 2. The Labute approximate surface area is 190 Å². The lowest BCUT2D eigenvalue weighted by atomic mass is 10.1. The van der Waals surface area contributed by atoms with E-state index < -0.39 is 0 Å². The molecule has 0 saturated carbocycles. The van der Waals surface area contributed by atoms with Gasteiger partial charge in [-0.2, -0.15) is 0 Å². The van der Waals surface area contributed by atoms with E-state index in [1.165, 1.54) is 17.3 Å². The van der Waals surface area contributed by atoms with Crippen LogP contribution in [-0.4, -0.2) is 38.4 Å². The maximum absolute atomic E-state index is 12.9. The molecule has 0 fully saturated rings. The number of ether oxygens (including phenoxy) is 1. The third kappa shape index (κ3) is 4.91. The Balaban J connectivity index is 1.38. The molecule has 8 heteroatoms. The summed E-state index contributed by atoms with van der Waals surface area (Å²) in [6.07, 6.45) is 4.21. The van der Waals surface area contributed by atoms with Gasteiger partial charge in [-0.25, -0.2) is 0 Å². The summed E-state index contributed by atoms with van der Waals surface area (Å²) in [5.41, 5.74) is 4.81. The molecule has 4 rings (SSSR count). The topological polar surface area (TPSA) is 83.0 Å². The van der Waals surface area contributed by atoms with Gasteiger partial charge in [0.1, 0.15) is 5.75 Å². The number of rotatable bonds is 9. The van der Waals surface area contributed by atoms with Crippen molar-refractivity contribution in [1.29, 1.82) is 0 Å². The molecule has 164 valence electrons. The van der Waals surface area contributed by atoms with Gasteiger partial charge in [-0.1, -0.05) is 23.9 Å². The highest BCUT2D eigenvalue weighted by Crippen LogP contribution is 2.25. The zero-order valence-electron chi connectivity index (χ0n) is 18.2. The van der Waals surface area contributed by atoms with Crippen LogP contribution in [0.5, 0.6) is 5.75 Å². The number of carbonyl (C=O) groups is 1. The predicted molar refractivity (Wildman–Crippen MR) is 123 cm³/mol. The predicted octanol–water partition coefficient (Wildman–Crippen LogP) is 4.78. The molecule has 0 aliphatic heterocycles. The molecule has 0 amide bonds. The van der Waals surface area contributed by atoms with Crippen LogP contribution in [0.15, 0.2) is 64.5 Å². The third-order valence-corrected chi connectivity index (χ3v) is 6.14. The van der Waals surface area contributed by atoms with Gasteiger partial charge in [-0.05, 0) is 56.2 Å². The summed E-state index contributed by atoms with van der Waals surface area (Å²) in [4.78, 5) is 16.9. The number of hydrogen-bond acceptors (Lipinski definition) is 7. The second-order valence-corrected chi connectivity index (χ2v) is 8.28. The monoisotopic (exact) mass is 448 g/mol. The van der Waals surface area contributed by atoms with Crippen LogP contribution in [0.1, 0.15) is 27.3 Å². The van der Waals surface area contributed by atoms with Crippen LogP contribution in [0.4, 0.5) is 0 Å². The van der Waals surface area contributed by atoms with Gasteiger partial charge in [0.15, 0.2) is 5.78 Å². The van der Waals surface area contributed by atoms with Crippen LogP contribution >= 0.6 is 11.8 Å². The Morgan fingerprint density at radius 2 is 1.84 bits per heavy atom. The number of Topliss-reactive ketones (excluding diaryl/α,β-unsaturated/α-hetero) is 1. The van der Waals surface area contributed by atoms with Crippen molar-refractivity contribution in [2.45, 2.75) is 32.0 Å². The molecule has 0 spiro atoms. The first kappa shape index (κ1) is 21.8. The molecule has 32 heavy (non-hydrogen) atoms. The second-order valence-electron chi connectivity index (χ2n) is 7.36. The van der Waals surface area contributed by atoms with E-state index in [4.69, 9.17) is 9.15 Å². The molecule has 0 radical (unpaired) electrons. The number of hydrogen-bond donors (Lipinski definition) is 0. The van der Waals surface area contributed by atoms with E-state index >= 15 is 0 Å². The number of ketones is 1. The van der Waals surface area contributed by atoms with Gasteiger partial charge in [0, 0.05) is 41.5 Å². The zero-order valence-corrected chi connectivity index (χ0v) is 19.1. The highest BCUT2D eigenvalue weighted by atomic mass is 32.2. The molecule has 1 aromatic carbocycles. The lowest BCUT2D eigenvalue weighted by molar-refractivity contribution is 0.102. The van der Waals surface area contributed by atoms with Gasteiger partial charge in [-0.15, -0.1) is 10.2 Å². The van der Waals surface area contributed by atoms with E-state index in [1.54, 1.807) is 31.6 Å². The second kappa shape index (κ2) is 9.82. The summed E-state index contributed by atoms with van der Waals surface area (Å²) in [6, 6.07) is 13.6. The molecule has 0 aliphatic carbocycles. The standard InChI is InChI=1S/C24H24N4O3S/c1-16-14-21(17(2)28(16)13-10-18-4-6-20(30-3)7-5-18)22(29)15-32-24-27-26-23(31-24)19-8-11-25-12-9-19/h4-9,11-12,14H,10,13,15H2,1-3H3. The number of pyridine rings is 1. The van der Waals surface area contributed by atoms with Crippen LogP contribution in [-0.2, 0) is 13.0 Å². The van der Waals surface area contributed by atoms with E-state index in [2.05, 4.69) is 31.9 Å². The molecule has 0 N–H and O–H groups in total. The van der Waals surface area contributed by atoms with Gasteiger partial charge < -0.3 is 13.7 Å². The largest absolute Gasteiger partial charge is 0.497 e. The van der Waals surface area contributed by atoms with Crippen molar-refractivity contribution in [3.63, 3.8) is 0 Å². The Morgan fingerprint density at radius 3 is 2.56 bits per heavy atom. The lowest BCUT2D eigenvalue weighted by Crippen LogP contribution is -2.08. The molecule has 0 bridgehead atoms. The van der Waals surface area contributed by atoms with Gasteiger partial charge in [-0.3, -0.25) is 9.78 Å². The van der Waals surface area contributed by atoms with Crippen LogP contribution in [0.25, 0.3) is 11.5 Å². The number of benzene rings is 1. The molecule has 7 nitrogen and oxygen atoms in total. The van der Waals surface area contributed by atoms with Crippen molar-refractivity contribution < 1.29 is 13.9 Å². The van der Waals surface area contributed by atoms with Crippen LogP contribution < -0.4 is 4.74 Å². The van der Waals surface area contributed by atoms with Crippen molar-refractivity contribution in [3.05, 3.63) is 77.4 Å². The summed E-state index contributed by atoms with van der Waals surface area (Å²) in [7, 11) is 1.66. The van der Waals surface area contributed by atoms with E-state index in [0.717, 1.165) is 41.2 Å². The molecule has 0 unspecified atom stereocenters. The summed E-state index contributed by atoms with van der Waals surface area (Å²) < 4.78 is 13.1. The molecule has 4 aromatic rings. The summed E-state index contributed by atoms with van der Waals surface area (Å²) in [6.45, 7) is 4.83.